The summed E-state index contributed by atoms with van der Waals surface area (Å²) in [6, 6.07) is 3.24. The first kappa shape index (κ1) is 13.9. The lowest BCUT2D eigenvalue weighted by molar-refractivity contribution is 0.275. The van der Waals surface area contributed by atoms with Crippen molar-refractivity contribution in [2.75, 3.05) is 4.72 Å². The second kappa shape index (κ2) is 5.24. The molecule has 0 aliphatic heterocycles. The van der Waals surface area contributed by atoms with Crippen LogP contribution in [0, 0.1) is 12.7 Å². The molecule has 2 aromatic rings. The maximum absolute atomic E-state index is 13.2. The van der Waals surface area contributed by atoms with Crippen molar-refractivity contribution in [1.29, 1.82) is 0 Å². The fourth-order valence-electron chi connectivity index (χ4n) is 1.41. The predicted molar refractivity (Wildman–Crippen MR) is 70.0 cm³/mol. The Hall–Kier alpha value is -1.51. The van der Waals surface area contributed by atoms with Gasteiger partial charge in [-0.2, -0.15) is 0 Å². The first-order valence-corrected chi connectivity index (χ1v) is 7.63. The van der Waals surface area contributed by atoms with Crippen molar-refractivity contribution < 1.29 is 17.9 Å². The topological polar surface area (TPSA) is 79.3 Å². The summed E-state index contributed by atoms with van der Waals surface area (Å²) in [6.45, 7) is 1.18. The van der Waals surface area contributed by atoms with Crippen LogP contribution in [0.2, 0.25) is 0 Å². The van der Waals surface area contributed by atoms with Crippen molar-refractivity contribution in [3.63, 3.8) is 0 Å². The van der Waals surface area contributed by atoms with Crippen LogP contribution in [0.15, 0.2) is 28.5 Å². The van der Waals surface area contributed by atoms with E-state index in [-0.39, 0.29) is 15.6 Å². The lowest BCUT2D eigenvalue weighted by atomic mass is 10.2. The number of aliphatic hydroxyl groups is 1. The minimum atomic E-state index is -3.83. The number of nitrogens with one attached hydrogen (secondary N) is 1. The van der Waals surface area contributed by atoms with E-state index in [1.165, 1.54) is 0 Å². The molecule has 2 N–H and O–H groups in total. The van der Waals surface area contributed by atoms with E-state index in [0.29, 0.717) is 5.69 Å². The summed E-state index contributed by atoms with van der Waals surface area (Å²) >= 11 is 1.16. The van der Waals surface area contributed by atoms with Gasteiger partial charge in [-0.05, 0) is 25.1 Å². The Labute approximate surface area is 113 Å². The van der Waals surface area contributed by atoms with Crippen LogP contribution in [-0.4, -0.2) is 18.5 Å². The van der Waals surface area contributed by atoms with E-state index < -0.39 is 22.4 Å². The molecule has 0 aliphatic carbocycles. The molecule has 0 saturated carbocycles. The van der Waals surface area contributed by atoms with Gasteiger partial charge in [0, 0.05) is 10.9 Å². The Morgan fingerprint density at radius 2 is 2.21 bits per heavy atom. The van der Waals surface area contributed by atoms with E-state index in [1.807, 2.05) is 0 Å². The Bertz CT molecular complexity index is 698. The number of sulfonamides is 1. The molecule has 1 heterocycles. The summed E-state index contributed by atoms with van der Waals surface area (Å²) in [5.41, 5.74) is 0.635. The quantitative estimate of drug-likeness (QED) is 0.904. The average Bonchev–Trinajstić information content (AvgIpc) is 2.74. The van der Waals surface area contributed by atoms with E-state index in [2.05, 4.69) is 9.71 Å². The smallest absolute Gasteiger partial charge is 0.263 e. The second-order valence-corrected chi connectivity index (χ2v) is 6.35. The van der Waals surface area contributed by atoms with Gasteiger partial charge in [0.25, 0.3) is 10.0 Å². The van der Waals surface area contributed by atoms with Gasteiger partial charge in [-0.25, -0.2) is 17.8 Å². The zero-order chi connectivity index (χ0) is 14.0. The van der Waals surface area contributed by atoms with Crippen molar-refractivity contribution in [2.45, 2.75) is 18.4 Å². The van der Waals surface area contributed by atoms with Gasteiger partial charge in [-0.15, -0.1) is 11.3 Å². The Morgan fingerprint density at radius 1 is 1.47 bits per heavy atom. The number of aliphatic hydroxyl groups excluding tert-OH is 1. The van der Waals surface area contributed by atoms with Crippen molar-refractivity contribution in [2.24, 2.45) is 0 Å². The molecule has 0 amide bonds. The highest BCUT2D eigenvalue weighted by Gasteiger charge is 2.17. The van der Waals surface area contributed by atoms with Gasteiger partial charge < -0.3 is 5.11 Å². The normalized spacial score (nSPS) is 11.5. The number of benzene rings is 1. The molecule has 0 atom stereocenters. The van der Waals surface area contributed by atoms with E-state index in [9.17, 15) is 12.8 Å². The van der Waals surface area contributed by atoms with Gasteiger partial charge in [0.1, 0.15) is 5.82 Å². The molecule has 102 valence electrons. The number of nitrogens with zero attached hydrogens (tertiary/aromatic N) is 1. The zero-order valence-corrected chi connectivity index (χ0v) is 11.6. The van der Waals surface area contributed by atoms with Gasteiger partial charge in [-0.1, -0.05) is 0 Å². The highest BCUT2D eigenvalue weighted by atomic mass is 32.2. The third-order valence-electron chi connectivity index (χ3n) is 2.34. The van der Waals surface area contributed by atoms with Crippen LogP contribution in [0.5, 0.6) is 0 Å². The van der Waals surface area contributed by atoms with Gasteiger partial charge in [0.2, 0.25) is 0 Å². The number of hydrogen-bond donors (Lipinski definition) is 2. The standard InChI is InChI=1S/C11H11FN2O3S2/c1-7-6-18-11(13-7)14-19(16,17)9-2-3-10(12)8(4-9)5-15/h2-4,6,15H,5H2,1H3,(H,13,14). The van der Waals surface area contributed by atoms with E-state index in [0.717, 1.165) is 29.5 Å². The molecule has 0 saturated heterocycles. The van der Waals surface area contributed by atoms with Gasteiger partial charge in [0.15, 0.2) is 5.13 Å². The number of aromatic nitrogens is 1. The molecule has 0 spiro atoms. The highest BCUT2D eigenvalue weighted by Crippen LogP contribution is 2.21. The molecule has 8 heteroatoms. The highest BCUT2D eigenvalue weighted by molar-refractivity contribution is 7.93. The molecule has 5 nitrogen and oxygen atoms in total. The third-order valence-corrected chi connectivity index (χ3v) is 4.68. The van der Waals surface area contributed by atoms with Crippen molar-refractivity contribution in [1.82, 2.24) is 4.98 Å². The van der Waals surface area contributed by atoms with Crippen LogP contribution in [0.3, 0.4) is 0 Å². The minimum absolute atomic E-state index is 0.0711. The van der Waals surface area contributed by atoms with E-state index in [1.54, 1.807) is 12.3 Å². The van der Waals surface area contributed by atoms with Crippen LogP contribution < -0.4 is 4.72 Å². The summed E-state index contributed by atoms with van der Waals surface area (Å²) in [5.74, 6) is -0.647. The number of aryl methyl sites for hydroxylation is 1. The van der Waals surface area contributed by atoms with Crippen LogP contribution >= 0.6 is 11.3 Å². The molecule has 0 unspecified atom stereocenters. The number of rotatable bonds is 4. The molecule has 1 aromatic heterocycles. The molecule has 1 aromatic carbocycles. The Kier molecular flexibility index (Phi) is 3.83. The molecule has 19 heavy (non-hydrogen) atoms. The fraction of sp³-hybridized carbons (Fsp3) is 0.182. The minimum Gasteiger partial charge on any atom is -0.392 e. The van der Waals surface area contributed by atoms with Crippen LogP contribution in [-0.2, 0) is 16.6 Å². The van der Waals surface area contributed by atoms with Crippen LogP contribution in [0.4, 0.5) is 9.52 Å². The molecule has 0 radical (unpaired) electrons. The summed E-state index contributed by atoms with van der Waals surface area (Å²) < 4.78 is 39.6. The maximum Gasteiger partial charge on any atom is 0.263 e. The van der Waals surface area contributed by atoms with Gasteiger partial charge in [0.05, 0.1) is 17.2 Å². The molecule has 0 bridgehead atoms. The lowest BCUT2D eigenvalue weighted by Crippen LogP contribution is -2.13. The van der Waals surface area contributed by atoms with E-state index in [4.69, 9.17) is 5.11 Å². The summed E-state index contributed by atoms with van der Waals surface area (Å²) in [7, 11) is -3.83. The summed E-state index contributed by atoms with van der Waals surface area (Å²) in [4.78, 5) is 3.87. The van der Waals surface area contributed by atoms with Crippen molar-refractivity contribution in [3.05, 3.63) is 40.7 Å². The van der Waals surface area contributed by atoms with Crippen molar-refractivity contribution >= 4 is 26.5 Å². The van der Waals surface area contributed by atoms with E-state index >= 15 is 0 Å². The SMILES string of the molecule is Cc1csc(NS(=O)(=O)c2ccc(F)c(CO)c2)n1. The monoisotopic (exact) mass is 302 g/mol. The second-order valence-electron chi connectivity index (χ2n) is 3.81. The molecule has 0 fully saturated rings. The molecule has 2 rings (SSSR count). The van der Waals surface area contributed by atoms with Gasteiger partial charge in [-0.3, -0.25) is 4.72 Å². The molecular formula is C11H11FN2O3S2. The molecule has 0 aliphatic rings. The third kappa shape index (κ3) is 3.09. The van der Waals surface area contributed by atoms with Gasteiger partial charge >= 0.3 is 0 Å². The lowest BCUT2D eigenvalue weighted by Gasteiger charge is -2.07. The summed E-state index contributed by atoms with van der Waals surface area (Å²) in [5, 5.41) is 10.9. The number of halogens is 1. The van der Waals surface area contributed by atoms with Crippen LogP contribution in [0.1, 0.15) is 11.3 Å². The number of anilines is 1. The first-order valence-electron chi connectivity index (χ1n) is 5.26. The molecular weight excluding hydrogens is 291 g/mol. The van der Waals surface area contributed by atoms with Crippen molar-refractivity contribution in [3.8, 4) is 0 Å². The predicted octanol–water partition coefficient (Wildman–Crippen LogP) is 1.88. The largest absolute Gasteiger partial charge is 0.392 e. The fourth-order valence-corrected chi connectivity index (χ4v) is 3.41. The number of thiazole rings is 1. The maximum atomic E-state index is 13.2. The van der Waals surface area contributed by atoms with Crippen LogP contribution in [0.25, 0.3) is 0 Å². The zero-order valence-electron chi connectivity index (χ0n) is 9.92. The Morgan fingerprint density at radius 3 is 2.79 bits per heavy atom. The average molecular weight is 302 g/mol. The Balaban J connectivity index is 2.34. The first-order chi connectivity index (χ1) is 8.92. The number of hydrogen-bond acceptors (Lipinski definition) is 5. The summed E-state index contributed by atoms with van der Waals surface area (Å²) in [6.07, 6.45) is 0.